The van der Waals surface area contributed by atoms with Crippen LogP contribution in [0.25, 0.3) is 0 Å². The van der Waals surface area contributed by atoms with Gasteiger partial charge in [-0.2, -0.15) is 0 Å². The molecule has 0 amide bonds. The van der Waals surface area contributed by atoms with Crippen molar-refractivity contribution in [1.82, 2.24) is 14.5 Å². The summed E-state index contributed by atoms with van der Waals surface area (Å²) in [5, 5.41) is 0. The highest BCUT2D eigenvalue weighted by Gasteiger charge is 1.99. The molecule has 15 heavy (non-hydrogen) atoms. The maximum atomic E-state index is 5.29. The van der Waals surface area contributed by atoms with E-state index in [2.05, 4.69) is 20.0 Å². The number of imidazole rings is 1. The first-order valence-electron chi connectivity index (χ1n) is 4.69. The lowest BCUT2D eigenvalue weighted by atomic mass is 10.2. The number of nitrogens with zero attached hydrogens (tertiary/aromatic N) is 3. The van der Waals surface area contributed by atoms with Crippen LogP contribution in [0.4, 0.5) is 5.82 Å². The Hall–Kier alpha value is -1.88. The van der Waals surface area contributed by atoms with Crippen molar-refractivity contribution in [2.24, 2.45) is 5.84 Å². The summed E-state index contributed by atoms with van der Waals surface area (Å²) in [6.45, 7) is 2.76. The summed E-state index contributed by atoms with van der Waals surface area (Å²) in [6.07, 6.45) is 5.47. The zero-order chi connectivity index (χ0) is 10.7. The average Bonchev–Trinajstić information content (AvgIpc) is 2.65. The van der Waals surface area contributed by atoms with E-state index in [0.717, 1.165) is 17.9 Å². The van der Waals surface area contributed by atoms with Crippen LogP contribution in [0.1, 0.15) is 11.4 Å². The van der Waals surface area contributed by atoms with Gasteiger partial charge in [-0.1, -0.05) is 0 Å². The van der Waals surface area contributed by atoms with Crippen molar-refractivity contribution in [3.8, 4) is 0 Å². The molecule has 3 N–H and O–H groups in total. The smallest absolute Gasteiger partial charge is 0.140 e. The van der Waals surface area contributed by atoms with Gasteiger partial charge in [-0.3, -0.25) is 0 Å². The lowest BCUT2D eigenvalue weighted by molar-refractivity contribution is 0.760. The Kier molecular flexibility index (Phi) is 2.64. The second-order valence-electron chi connectivity index (χ2n) is 3.30. The number of hydrogen-bond donors (Lipinski definition) is 2. The van der Waals surface area contributed by atoms with E-state index in [1.54, 1.807) is 12.4 Å². The molecule has 0 aliphatic heterocycles. The first kappa shape index (κ1) is 9.67. The molecule has 2 heterocycles. The third kappa shape index (κ3) is 2.13. The van der Waals surface area contributed by atoms with E-state index in [1.165, 1.54) is 0 Å². The summed E-state index contributed by atoms with van der Waals surface area (Å²) in [5.74, 6) is 6.96. The standard InChI is InChI=1S/C10H13N5/c1-8-12-4-5-15(8)7-9-2-3-13-10(6-9)14-11/h2-6H,7,11H2,1H3,(H,13,14). The molecular weight excluding hydrogens is 190 g/mol. The van der Waals surface area contributed by atoms with Gasteiger partial charge in [0, 0.05) is 25.1 Å². The Morgan fingerprint density at radius 2 is 2.27 bits per heavy atom. The van der Waals surface area contributed by atoms with Gasteiger partial charge >= 0.3 is 0 Å². The third-order valence-corrected chi connectivity index (χ3v) is 2.25. The second kappa shape index (κ2) is 4.10. The fourth-order valence-electron chi connectivity index (χ4n) is 1.42. The van der Waals surface area contributed by atoms with Crippen LogP contribution in [0.3, 0.4) is 0 Å². The van der Waals surface area contributed by atoms with Gasteiger partial charge in [0.25, 0.3) is 0 Å². The van der Waals surface area contributed by atoms with Crippen molar-refractivity contribution in [2.75, 3.05) is 5.43 Å². The quantitative estimate of drug-likeness (QED) is 0.575. The molecule has 0 spiro atoms. The van der Waals surface area contributed by atoms with Crippen LogP contribution in [0.5, 0.6) is 0 Å². The minimum absolute atomic E-state index is 0.672. The highest BCUT2D eigenvalue weighted by Crippen LogP contribution is 2.08. The molecule has 0 fully saturated rings. The van der Waals surface area contributed by atoms with E-state index in [-0.39, 0.29) is 0 Å². The Balaban J connectivity index is 2.21. The molecule has 0 aliphatic rings. The number of rotatable bonds is 3. The van der Waals surface area contributed by atoms with Crippen LogP contribution in [0.2, 0.25) is 0 Å². The highest BCUT2D eigenvalue weighted by molar-refractivity contribution is 5.36. The molecule has 0 aromatic carbocycles. The predicted octanol–water partition coefficient (Wildman–Crippen LogP) is 0.920. The number of nitrogens with two attached hydrogens (primary N) is 1. The predicted molar refractivity (Wildman–Crippen MR) is 58.1 cm³/mol. The molecule has 5 heteroatoms. The molecule has 0 saturated heterocycles. The van der Waals surface area contributed by atoms with Gasteiger partial charge in [0.15, 0.2) is 0 Å². The highest BCUT2D eigenvalue weighted by atomic mass is 15.2. The summed E-state index contributed by atoms with van der Waals surface area (Å²) in [5.41, 5.74) is 3.66. The molecule has 2 aromatic rings. The van der Waals surface area contributed by atoms with Gasteiger partial charge in [0.1, 0.15) is 11.6 Å². The molecule has 0 radical (unpaired) electrons. The fourth-order valence-corrected chi connectivity index (χ4v) is 1.42. The molecule has 0 unspecified atom stereocenters. The van der Waals surface area contributed by atoms with Crippen LogP contribution in [-0.4, -0.2) is 14.5 Å². The summed E-state index contributed by atoms with van der Waals surface area (Å²) in [6, 6.07) is 3.87. The Bertz CT molecular complexity index is 449. The van der Waals surface area contributed by atoms with Crippen LogP contribution in [0, 0.1) is 6.92 Å². The summed E-state index contributed by atoms with van der Waals surface area (Å²) < 4.78 is 2.07. The van der Waals surface area contributed by atoms with Crippen molar-refractivity contribution in [2.45, 2.75) is 13.5 Å². The molecule has 0 bridgehead atoms. The Morgan fingerprint density at radius 1 is 1.40 bits per heavy atom. The number of nitrogens with one attached hydrogen (secondary N) is 1. The first-order valence-corrected chi connectivity index (χ1v) is 4.69. The Morgan fingerprint density at radius 3 is 2.93 bits per heavy atom. The number of hydrazine groups is 1. The van der Waals surface area contributed by atoms with E-state index in [1.807, 2.05) is 25.3 Å². The largest absolute Gasteiger partial charge is 0.331 e. The van der Waals surface area contributed by atoms with Crippen molar-refractivity contribution < 1.29 is 0 Å². The van der Waals surface area contributed by atoms with Crippen LogP contribution < -0.4 is 11.3 Å². The minimum atomic E-state index is 0.672. The number of anilines is 1. The molecular formula is C10H13N5. The molecule has 2 aromatic heterocycles. The van der Waals surface area contributed by atoms with Gasteiger partial charge < -0.3 is 9.99 Å². The number of aromatic nitrogens is 3. The SMILES string of the molecule is Cc1nccn1Cc1ccnc(NN)c1. The summed E-state index contributed by atoms with van der Waals surface area (Å²) in [7, 11) is 0. The fraction of sp³-hybridized carbons (Fsp3) is 0.200. The van der Waals surface area contributed by atoms with E-state index in [4.69, 9.17) is 5.84 Å². The summed E-state index contributed by atoms with van der Waals surface area (Å²) >= 11 is 0. The lowest BCUT2D eigenvalue weighted by Gasteiger charge is -2.06. The van der Waals surface area contributed by atoms with E-state index in [0.29, 0.717) is 5.82 Å². The van der Waals surface area contributed by atoms with Crippen LogP contribution >= 0.6 is 0 Å². The Labute approximate surface area is 87.9 Å². The van der Waals surface area contributed by atoms with Crippen molar-refractivity contribution in [3.63, 3.8) is 0 Å². The van der Waals surface area contributed by atoms with Crippen LogP contribution in [0.15, 0.2) is 30.7 Å². The monoisotopic (exact) mass is 203 g/mol. The number of pyridine rings is 1. The van der Waals surface area contributed by atoms with Gasteiger partial charge in [0.05, 0.1) is 0 Å². The van der Waals surface area contributed by atoms with E-state index < -0.39 is 0 Å². The number of aryl methyl sites for hydroxylation is 1. The van der Waals surface area contributed by atoms with Crippen molar-refractivity contribution in [3.05, 3.63) is 42.1 Å². The maximum absolute atomic E-state index is 5.29. The third-order valence-electron chi connectivity index (χ3n) is 2.25. The van der Waals surface area contributed by atoms with Gasteiger partial charge in [-0.05, 0) is 24.6 Å². The molecule has 0 saturated carbocycles. The number of nitrogen functional groups attached to an aromatic ring is 1. The molecule has 0 aliphatic carbocycles. The second-order valence-corrected chi connectivity index (χ2v) is 3.30. The van der Waals surface area contributed by atoms with E-state index >= 15 is 0 Å². The molecule has 0 atom stereocenters. The zero-order valence-corrected chi connectivity index (χ0v) is 8.51. The van der Waals surface area contributed by atoms with Gasteiger partial charge in [0.2, 0.25) is 0 Å². The maximum Gasteiger partial charge on any atom is 0.140 e. The van der Waals surface area contributed by atoms with Crippen molar-refractivity contribution >= 4 is 5.82 Å². The first-order chi connectivity index (χ1) is 7.29. The molecule has 78 valence electrons. The van der Waals surface area contributed by atoms with Crippen LogP contribution in [-0.2, 0) is 6.54 Å². The van der Waals surface area contributed by atoms with Crippen molar-refractivity contribution in [1.29, 1.82) is 0 Å². The van der Waals surface area contributed by atoms with E-state index in [9.17, 15) is 0 Å². The minimum Gasteiger partial charge on any atom is -0.331 e. The number of hydrogen-bond acceptors (Lipinski definition) is 4. The normalized spacial score (nSPS) is 10.3. The zero-order valence-electron chi connectivity index (χ0n) is 8.51. The molecule has 5 nitrogen and oxygen atoms in total. The summed E-state index contributed by atoms with van der Waals surface area (Å²) in [4.78, 5) is 8.21. The van der Waals surface area contributed by atoms with Gasteiger partial charge in [-0.25, -0.2) is 15.8 Å². The lowest BCUT2D eigenvalue weighted by Crippen LogP contribution is -2.09. The molecule has 2 rings (SSSR count). The van der Waals surface area contributed by atoms with Gasteiger partial charge in [-0.15, -0.1) is 0 Å². The average molecular weight is 203 g/mol. The topological polar surface area (TPSA) is 68.8 Å².